The molecule has 2 aromatic rings. The van der Waals surface area contributed by atoms with E-state index >= 15 is 0 Å². The fourth-order valence-electron chi connectivity index (χ4n) is 6.39. The number of ether oxygens (including phenoxy) is 3. The molecule has 0 spiro atoms. The van der Waals surface area contributed by atoms with Gasteiger partial charge in [0, 0.05) is 30.5 Å². The third kappa shape index (κ3) is 10.2. The second kappa shape index (κ2) is 18.1. The average Bonchev–Trinajstić information content (AvgIpc) is 3.04. The van der Waals surface area contributed by atoms with E-state index in [1.54, 1.807) is 0 Å². The van der Waals surface area contributed by atoms with Crippen LogP contribution < -0.4 is 9.47 Å². The van der Waals surface area contributed by atoms with Gasteiger partial charge in [-0.2, -0.15) is 0 Å². The number of nitrogens with zero attached hydrogens (tertiary/aromatic N) is 2. The van der Waals surface area contributed by atoms with Gasteiger partial charge in [-0.3, -0.25) is 14.8 Å². The maximum Gasteiger partial charge on any atom is 0.408 e. The number of carbonyl (C=O) groups is 1. The number of esters is 1. The number of benzene rings is 2. The monoisotopic (exact) mass is 616 g/mol. The molecule has 0 aromatic heterocycles. The van der Waals surface area contributed by atoms with Crippen LogP contribution in [0.25, 0.3) is 0 Å². The Morgan fingerprint density at radius 1 is 0.689 bits per heavy atom. The van der Waals surface area contributed by atoms with Gasteiger partial charge in [0.05, 0.1) is 12.1 Å². The zero-order chi connectivity index (χ0) is 32.0. The summed E-state index contributed by atoms with van der Waals surface area (Å²) < 4.78 is 19.1. The van der Waals surface area contributed by atoms with Gasteiger partial charge in [0.25, 0.3) is 0 Å². The molecule has 6 nitrogen and oxygen atoms in total. The van der Waals surface area contributed by atoms with E-state index in [9.17, 15) is 4.79 Å². The fourth-order valence-corrected chi connectivity index (χ4v) is 6.39. The summed E-state index contributed by atoms with van der Waals surface area (Å²) in [5.74, 6) is 0.940. The summed E-state index contributed by atoms with van der Waals surface area (Å²) in [4.78, 5) is 22.8. The van der Waals surface area contributed by atoms with Crippen LogP contribution in [0, 0.1) is 0 Å². The number of aliphatic imine (C=N–C) groups is 2. The molecule has 2 unspecified atom stereocenters. The van der Waals surface area contributed by atoms with Crippen molar-refractivity contribution in [2.75, 3.05) is 0 Å². The van der Waals surface area contributed by atoms with E-state index < -0.39 is 12.4 Å². The Bertz CT molecular complexity index is 1210. The van der Waals surface area contributed by atoms with E-state index in [1.807, 2.05) is 12.4 Å². The third-order valence-electron chi connectivity index (χ3n) is 8.94. The standard InChI is InChI=1S/C39H56N2O4/c1-6-10-16-29-22-31(18-12-8-3)37-33(24-29)26-40-35-20-14-15-21-36(35)41-27-34-25-30(17-11-7-2)23-32(19-13-9-4)38(34)45-39(44-37)43-28(5)42/h22-27,35-36,39H,6-21H2,1-5H3. The van der Waals surface area contributed by atoms with Crippen molar-refractivity contribution < 1.29 is 19.0 Å². The Hall–Kier alpha value is -3.15. The molecule has 2 aliphatic rings. The Labute approximate surface area is 272 Å². The van der Waals surface area contributed by atoms with E-state index in [1.165, 1.54) is 18.1 Å². The van der Waals surface area contributed by atoms with Crippen molar-refractivity contribution in [2.45, 2.75) is 156 Å². The number of fused-ring (bicyclic) bond motifs is 3. The molecule has 2 aromatic carbocycles. The van der Waals surface area contributed by atoms with Crippen LogP contribution in [0.5, 0.6) is 11.5 Å². The molecule has 0 N–H and O–H groups in total. The number of carbonyl (C=O) groups excluding carboxylic acids is 1. The first-order valence-electron chi connectivity index (χ1n) is 17.8. The largest absolute Gasteiger partial charge is 0.422 e. The van der Waals surface area contributed by atoms with Gasteiger partial charge in [0.1, 0.15) is 11.5 Å². The molecule has 0 amide bonds. The average molecular weight is 617 g/mol. The van der Waals surface area contributed by atoms with E-state index in [-0.39, 0.29) is 12.1 Å². The molecule has 45 heavy (non-hydrogen) atoms. The SMILES string of the molecule is CCCCc1cc2c(c(CCCC)c1)OC(OC(C)=O)Oc1c(cc(CCCC)cc1CCCC)C=NC1CCCCC1N=C2. The molecule has 1 heterocycles. The normalized spacial score (nSPS) is 19.5. The van der Waals surface area contributed by atoms with Gasteiger partial charge in [0.15, 0.2) is 0 Å². The van der Waals surface area contributed by atoms with Gasteiger partial charge in [-0.05, 0) is 98.6 Å². The highest BCUT2D eigenvalue weighted by atomic mass is 16.9. The fraction of sp³-hybridized carbons (Fsp3) is 0.615. The van der Waals surface area contributed by atoms with Crippen LogP contribution in [0.3, 0.4) is 0 Å². The van der Waals surface area contributed by atoms with Crippen LogP contribution in [-0.2, 0) is 35.2 Å². The zero-order valence-corrected chi connectivity index (χ0v) is 28.5. The summed E-state index contributed by atoms with van der Waals surface area (Å²) in [6.45, 7) is 9.02. The minimum atomic E-state index is -1.24. The van der Waals surface area contributed by atoms with Crippen LogP contribution in [0.4, 0.5) is 0 Å². The molecule has 0 bridgehead atoms. The van der Waals surface area contributed by atoms with Crippen molar-refractivity contribution >= 4 is 18.4 Å². The minimum Gasteiger partial charge on any atom is -0.422 e. The summed E-state index contributed by atoms with van der Waals surface area (Å²) in [6, 6.07) is 9.17. The lowest BCUT2D eigenvalue weighted by molar-refractivity contribution is -0.204. The first-order valence-corrected chi connectivity index (χ1v) is 17.8. The topological polar surface area (TPSA) is 69.5 Å². The van der Waals surface area contributed by atoms with Gasteiger partial charge < -0.3 is 14.2 Å². The Balaban J connectivity index is 1.91. The second-order valence-corrected chi connectivity index (χ2v) is 12.9. The first-order chi connectivity index (χ1) is 21.9. The molecule has 1 aliphatic carbocycles. The Morgan fingerprint density at radius 3 is 1.51 bits per heavy atom. The lowest BCUT2D eigenvalue weighted by atomic mass is 9.91. The molecule has 246 valence electrons. The third-order valence-corrected chi connectivity index (χ3v) is 8.94. The predicted octanol–water partition coefficient (Wildman–Crippen LogP) is 9.52. The van der Waals surface area contributed by atoms with Crippen LogP contribution in [0.15, 0.2) is 34.3 Å². The van der Waals surface area contributed by atoms with E-state index in [4.69, 9.17) is 24.2 Å². The Morgan fingerprint density at radius 2 is 1.11 bits per heavy atom. The quantitative estimate of drug-likeness (QED) is 0.210. The summed E-state index contributed by atoms with van der Waals surface area (Å²) in [6.07, 6.45) is 20.8. The van der Waals surface area contributed by atoms with Gasteiger partial charge >= 0.3 is 12.4 Å². The molecule has 4 rings (SSSR count). The molecule has 0 saturated heterocycles. The lowest BCUT2D eigenvalue weighted by Gasteiger charge is -2.25. The molecule has 1 saturated carbocycles. The van der Waals surface area contributed by atoms with Gasteiger partial charge in [-0.1, -0.05) is 78.4 Å². The van der Waals surface area contributed by atoms with Crippen molar-refractivity contribution in [3.8, 4) is 11.5 Å². The zero-order valence-electron chi connectivity index (χ0n) is 28.5. The summed E-state index contributed by atoms with van der Waals surface area (Å²) in [5.41, 5.74) is 6.64. The summed E-state index contributed by atoms with van der Waals surface area (Å²) in [5, 5.41) is 0. The summed E-state index contributed by atoms with van der Waals surface area (Å²) in [7, 11) is 0. The molecule has 0 radical (unpaired) electrons. The highest BCUT2D eigenvalue weighted by Gasteiger charge is 2.27. The lowest BCUT2D eigenvalue weighted by Crippen LogP contribution is -2.31. The highest BCUT2D eigenvalue weighted by Crippen LogP contribution is 2.34. The highest BCUT2D eigenvalue weighted by molar-refractivity contribution is 5.86. The molecule has 6 heteroatoms. The van der Waals surface area contributed by atoms with Crippen molar-refractivity contribution in [1.82, 2.24) is 0 Å². The molecule has 1 aliphatic heterocycles. The summed E-state index contributed by atoms with van der Waals surface area (Å²) >= 11 is 0. The maximum absolute atomic E-state index is 12.5. The smallest absolute Gasteiger partial charge is 0.408 e. The van der Waals surface area contributed by atoms with Gasteiger partial charge in [0.2, 0.25) is 0 Å². The van der Waals surface area contributed by atoms with Crippen LogP contribution in [-0.4, -0.2) is 37.0 Å². The van der Waals surface area contributed by atoms with Gasteiger partial charge in [-0.25, -0.2) is 0 Å². The number of rotatable bonds is 13. The molecule has 2 atom stereocenters. The van der Waals surface area contributed by atoms with Crippen LogP contribution in [0.2, 0.25) is 0 Å². The van der Waals surface area contributed by atoms with E-state index in [0.29, 0.717) is 11.5 Å². The van der Waals surface area contributed by atoms with E-state index in [2.05, 4.69) is 52.0 Å². The van der Waals surface area contributed by atoms with Gasteiger partial charge in [-0.15, -0.1) is 0 Å². The Kier molecular flexibility index (Phi) is 14.0. The molecular formula is C39H56N2O4. The second-order valence-electron chi connectivity index (χ2n) is 12.9. The van der Waals surface area contributed by atoms with Crippen molar-refractivity contribution in [3.63, 3.8) is 0 Å². The van der Waals surface area contributed by atoms with Crippen LogP contribution >= 0.6 is 0 Å². The van der Waals surface area contributed by atoms with Crippen molar-refractivity contribution in [1.29, 1.82) is 0 Å². The molecular weight excluding hydrogens is 560 g/mol. The number of hydrogen-bond acceptors (Lipinski definition) is 6. The number of unbranched alkanes of at least 4 members (excludes halogenated alkanes) is 4. The van der Waals surface area contributed by atoms with Crippen LogP contribution in [0.1, 0.15) is 145 Å². The molecule has 1 fully saturated rings. The van der Waals surface area contributed by atoms with E-state index in [0.717, 1.165) is 125 Å². The van der Waals surface area contributed by atoms with Crippen molar-refractivity contribution in [3.05, 3.63) is 57.6 Å². The maximum atomic E-state index is 12.5. The number of hydrogen-bond donors (Lipinski definition) is 0. The minimum absolute atomic E-state index is 0.110. The number of aryl methyl sites for hydroxylation is 4. The predicted molar refractivity (Wildman–Crippen MR) is 185 cm³/mol. The van der Waals surface area contributed by atoms with Crippen molar-refractivity contribution in [2.24, 2.45) is 9.98 Å². The first kappa shape index (κ1) is 34.7.